The lowest BCUT2D eigenvalue weighted by molar-refractivity contribution is -0.0436. The van der Waals surface area contributed by atoms with Crippen LogP contribution in [-0.4, -0.2) is 69.5 Å². The molecule has 1 unspecified atom stereocenters. The van der Waals surface area contributed by atoms with Gasteiger partial charge in [0.05, 0.1) is 4.90 Å². The standard InChI is InChI=1S/C16H24F3N3O2S/c1-13(7-8-22-11-9-21(2)10-12-22)20-14-3-5-15(6-4-14)25(23,24)16(17,18)19/h3-6,13,20H,7-12H2,1-2H3. The average molecular weight is 379 g/mol. The Balaban J connectivity index is 1.86. The van der Waals surface area contributed by atoms with Crippen LogP contribution in [0.4, 0.5) is 18.9 Å². The number of hydrogen-bond donors (Lipinski definition) is 1. The summed E-state index contributed by atoms with van der Waals surface area (Å²) in [5.41, 5.74) is -4.68. The zero-order chi connectivity index (χ0) is 18.7. The van der Waals surface area contributed by atoms with Crippen LogP contribution in [0.15, 0.2) is 29.2 Å². The molecular weight excluding hydrogens is 355 g/mol. The number of likely N-dealkylation sites (N-methyl/N-ethyl adjacent to an activating group) is 1. The fourth-order valence-corrected chi connectivity index (χ4v) is 3.43. The van der Waals surface area contributed by atoms with E-state index in [0.717, 1.165) is 51.3 Å². The van der Waals surface area contributed by atoms with Crippen molar-refractivity contribution in [3.63, 3.8) is 0 Å². The molecule has 1 aromatic rings. The van der Waals surface area contributed by atoms with Crippen LogP contribution in [0.1, 0.15) is 13.3 Å². The maximum Gasteiger partial charge on any atom is 0.501 e. The summed E-state index contributed by atoms with van der Waals surface area (Å²) in [5, 5.41) is 3.19. The van der Waals surface area contributed by atoms with E-state index in [0.29, 0.717) is 5.69 Å². The molecule has 2 rings (SSSR count). The molecule has 0 bridgehead atoms. The number of benzene rings is 1. The Morgan fingerprint density at radius 3 is 2.20 bits per heavy atom. The summed E-state index contributed by atoms with van der Waals surface area (Å²) in [4.78, 5) is 3.93. The maximum atomic E-state index is 12.5. The van der Waals surface area contributed by atoms with E-state index in [9.17, 15) is 21.6 Å². The quantitative estimate of drug-likeness (QED) is 0.823. The van der Waals surface area contributed by atoms with Gasteiger partial charge < -0.3 is 15.1 Å². The number of halogens is 3. The second-order valence-electron chi connectivity index (χ2n) is 6.45. The van der Waals surface area contributed by atoms with Gasteiger partial charge in [0, 0.05) is 44.5 Å². The van der Waals surface area contributed by atoms with E-state index < -0.39 is 20.2 Å². The molecule has 9 heteroatoms. The van der Waals surface area contributed by atoms with E-state index in [1.54, 1.807) is 0 Å². The van der Waals surface area contributed by atoms with Crippen LogP contribution in [0.25, 0.3) is 0 Å². The highest BCUT2D eigenvalue weighted by atomic mass is 32.2. The molecule has 0 saturated carbocycles. The number of piperazine rings is 1. The van der Waals surface area contributed by atoms with Crippen molar-refractivity contribution < 1.29 is 21.6 Å². The number of hydrogen-bond acceptors (Lipinski definition) is 5. The third-order valence-electron chi connectivity index (χ3n) is 4.36. The average Bonchev–Trinajstić information content (AvgIpc) is 2.54. The topological polar surface area (TPSA) is 52.6 Å². The summed E-state index contributed by atoms with van der Waals surface area (Å²) in [7, 11) is -3.19. The molecule has 1 atom stereocenters. The first-order chi connectivity index (χ1) is 11.6. The second-order valence-corrected chi connectivity index (χ2v) is 8.39. The van der Waals surface area contributed by atoms with E-state index in [2.05, 4.69) is 22.2 Å². The minimum atomic E-state index is -5.29. The highest BCUT2D eigenvalue weighted by molar-refractivity contribution is 7.92. The molecule has 0 aromatic heterocycles. The Labute approximate surface area is 146 Å². The molecule has 1 aliphatic rings. The molecule has 1 heterocycles. The van der Waals surface area contributed by atoms with E-state index in [1.165, 1.54) is 12.1 Å². The number of sulfone groups is 1. The Bertz CT molecular complexity index is 654. The molecule has 0 amide bonds. The number of rotatable bonds is 6. The maximum absolute atomic E-state index is 12.5. The Morgan fingerprint density at radius 2 is 1.68 bits per heavy atom. The fourth-order valence-electron chi connectivity index (χ4n) is 2.67. The molecule has 142 valence electrons. The summed E-state index contributed by atoms with van der Waals surface area (Å²) in [6.45, 7) is 7.12. The Morgan fingerprint density at radius 1 is 1.12 bits per heavy atom. The predicted molar refractivity (Wildman–Crippen MR) is 91.3 cm³/mol. The van der Waals surface area contributed by atoms with E-state index in [-0.39, 0.29) is 6.04 Å². The second kappa shape index (κ2) is 7.92. The van der Waals surface area contributed by atoms with Crippen molar-refractivity contribution in [2.24, 2.45) is 0 Å². The van der Waals surface area contributed by atoms with Gasteiger partial charge in [-0.15, -0.1) is 0 Å². The van der Waals surface area contributed by atoms with Crippen molar-refractivity contribution >= 4 is 15.5 Å². The molecule has 25 heavy (non-hydrogen) atoms. The lowest BCUT2D eigenvalue weighted by Crippen LogP contribution is -2.45. The molecule has 1 fully saturated rings. The normalized spacial score (nSPS) is 18.9. The van der Waals surface area contributed by atoms with Gasteiger partial charge in [0.1, 0.15) is 0 Å². The van der Waals surface area contributed by atoms with Crippen molar-refractivity contribution in [1.29, 1.82) is 0 Å². The van der Waals surface area contributed by atoms with Gasteiger partial charge in [-0.2, -0.15) is 13.2 Å². The zero-order valence-corrected chi connectivity index (χ0v) is 15.2. The summed E-state index contributed by atoms with van der Waals surface area (Å²) in [6, 6.07) is 4.83. The van der Waals surface area contributed by atoms with Crippen molar-refractivity contribution in [3.05, 3.63) is 24.3 Å². The molecule has 0 spiro atoms. The monoisotopic (exact) mass is 379 g/mol. The number of nitrogens with zero attached hydrogens (tertiary/aromatic N) is 2. The first kappa shape index (κ1) is 20.0. The minimum Gasteiger partial charge on any atom is -0.383 e. The highest BCUT2D eigenvalue weighted by Gasteiger charge is 2.46. The van der Waals surface area contributed by atoms with Gasteiger partial charge in [-0.25, -0.2) is 8.42 Å². The summed E-state index contributed by atoms with van der Waals surface area (Å²) in [6.07, 6.45) is 0.895. The van der Waals surface area contributed by atoms with Gasteiger partial charge in [0.25, 0.3) is 9.84 Å². The van der Waals surface area contributed by atoms with Crippen LogP contribution in [-0.2, 0) is 9.84 Å². The smallest absolute Gasteiger partial charge is 0.383 e. The van der Waals surface area contributed by atoms with Crippen LogP contribution in [0, 0.1) is 0 Å². The third-order valence-corrected chi connectivity index (χ3v) is 5.86. The lowest BCUT2D eigenvalue weighted by Gasteiger charge is -2.33. The van der Waals surface area contributed by atoms with Crippen molar-refractivity contribution in [2.75, 3.05) is 45.1 Å². The summed E-state index contributed by atoms with van der Waals surface area (Å²) in [5.74, 6) is 0. The molecule has 1 aliphatic heterocycles. The van der Waals surface area contributed by atoms with E-state index in [4.69, 9.17) is 0 Å². The molecular formula is C16H24F3N3O2S. The number of anilines is 1. The zero-order valence-electron chi connectivity index (χ0n) is 14.4. The van der Waals surface area contributed by atoms with Crippen molar-refractivity contribution in [1.82, 2.24) is 9.80 Å². The number of nitrogens with one attached hydrogen (secondary N) is 1. The van der Waals surface area contributed by atoms with Crippen LogP contribution < -0.4 is 5.32 Å². The van der Waals surface area contributed by atoms with Crippen LogP contribution in [0.3, 0.4) is 0 Å². The van der Waals surface area contributed by atoms with Crippen LogP contribution >= 0.6 is 0 Å². The SMILES string of the molecule is CC(CCN1CCN(C)CC1)Nc1ccc(S(=O)(=O)C(F)(F)F)cc1. The van der Waals surface area contributed by atoms with Gasteiger partial charge in [-0.3, -0.25) is 0 Å². The van der Waals surface area contributed by atoms with E-state index >= 15 is 0 Å². The molecule has 1 aromatic carbocycles. The summed E-state index contributed by atoms with van der Waals surface area (Å²) >= 11 is 0. The van der Waals surface area contributed by atoms with E-state index in [1.807, 2.05) is 6.92 Å². The molecule has 0 aliphatic carbocycles. The van der Waals surface area contributed by atoms with Gasteiger partial charge in [0.15, 0.2) is 0 Å². The van der Waals surface area contributed by atoms with Crippen molar-refractivity contribution in [2.45, 2.75) is 29.8 Å². The highest BCUT2D eigenvalue weighted by Crippen LogP contribution is 2.30. The van der Waals surface area contributed by atoms with Crippen molar-refractivity contribution in [3.8, 4) is 0 Å². The number of alkyl halides is 3. The minimum absolute atomic E-state index is 0.129. The van der Waals surface area contributed by atoms with Crippen LogP contribution in [0.5, 0.6) is 0 Å². The Kier molecular flexibility index (Phi) is 6.34. The van der Waals surface area contributed by atoms with Crippen LogP contribution in [0.2, 0.25) is 0 Å². The molecule has 1 saturated heterocycles. The van der Waals surface area contributed by atoms with Gasteiger partial charge in [-0.1, -0.05) is 0 Å². The lowest BCUT2D eigenvalue weighted by atomic mass is 10.2. The first-order valence-corrected chi connectivity index (χ1v) is 9.67. The van der Waals surface area contributed by atoms with Gasteiger partial charge in [-0.05, 0) is 44.7 Å². The molecule has 5 nitrogen and oxygen atoms in total. The predicted octanol–water partition coefficient (Wildman–Crippen LogP) is 2.42. The third kappa shape index (κ3) is 5.32. The fraction of sp³-hybridized carbons (Fsp3) is 0.625. The first-order valence-electron chi connectivity index (χ1n) is 8.18. The molecule has 0 radical (unpaired) electrons. The van der Waals surface area contributed by atoms with Gasteiger partial charge in [0.2, 0.25) is 0 Å². The van der Waals surface area contributed by atoms with Gasteiger partial charge >= 0.3 is 5.51 Å². The molecule has 1 N–H and O–H groups in total. The Hall–Kier alpha value is -1.32. The largest absolute Gasteiger partial charge is 0.501 e. The summed E-state index contributed by atoms with van der Waals surface area (Å²) < 4.78 is 60.2.